The van der Waals surface area contributed by atoms with E-state index >= 15 is 0 Å². The zero-order chi connectivity index (χ0) is 13.9. The molecule has 0 atom stereocenters. The number of nitrogens with one attached hydrogen (secondary N) is 1. The van der Waals surface area contributed by atoms with Crippen LogP contribution in [0.5, 0.6) is 0 Å². The predicted octanol–water partition coefficient (Wildman–Crippen LogP) is 2.56. The largest absolute Gasteiger partial charge is 0.368 e. The van der Waals surface area contributed by atoms with Gasteiger partial charge in [-0.2, -0.15) is 4.98 Å². The topological polar surface area (TPSA) is 67.1 Å². The van der Waals surface area contributed by atoms with Crippen LogP contribution in [-0.4, -0.2) is 41.0 Å². The monoisotopic (exact) mass is 291 g/mol. The van der Waals surface area contributed by atoms with E-state index in [1.165, 1.54) is 25.7 Å². The van der Waals surface area contributed by atoms with Crippen molar-refractivity contribution in [2.45, 2.75) is 31.7 Å². The van der Waals surface area contributed by atoms with Crippen molar-refractivity contribution >= 4 is 33.3 Å². The molecule has 20 heavy (non-hydrogen) atoms. The highest BCUT2D eigenvalue weighted by atomic mass is 32.1. The second-order valence-electron chi connectivity index (χ2n) is 5.42. The van der Waals surface area contributed by atoms with E-state index in [0.29, 0.717) is 5.95 Å². The standard InChI is InChI=1S/C14H21N5S/c1-19(10-4-2-3-5-10)8-7-16-12-11-6-9-20-13(11)18-14(15)17-12/h6,9-10H,2-5,7-8H2,1H3,(H3,15,16,17,18). The van der Waals surface area contributed by atoms with Crippen molar-refractivity contribution in [2.24, 2.45) is 0 Å². The van der Waals surface area contributed by atoms with E-state index in [-0.39, 0.29) is 0 Å². The summed E-state index contributed by atoms with van der Waals surface area (Å²) in [6.07, 6.45) is 5.43. The van der Waals surface area contributed by atoms with Gasteiger partial charge in [0.25, 0.3) is 0 Å². The maximum atomic E-state index is 5.75. The molecule has 2 heterocycles. The van der Waals surface area contributed by atoms with Crippen LogP contribution >= 0.6 is 11.3 Å². The second kappa shape index (κ2) is 5.93. The number of nitrogens with two attached hydrogens (primary N) is 1. The fourth-order valence-corrected chi connectivity index (χ4v) is 3.66. The first kappa shape index (κ1) is 13.6. The molecule has 0 aromatic carbocycles. The van der Waals surface area contributed by atoms with Crippen LogP contribution in [0, 0.1) is 0 Å². The number of aromatic nitrogens is 2. The average molecular weight is 291 g/mol. The molecule has 0 spiro atoms. The van der Waals surface area contributed by atoms with Crippen molar-refractivity contribution in [2.75, 3.05) is 31.2 Å². The Morgan fingerprint density at radius 3 is 3.00 bits per heavy atom. The Labute approximate surface area is 123 Å². The lowest BCUT2D eigenvalue weighted by molar-refractivity contribution is 0.254. The molecule has 1 aliphatic carbocycles. The van der Waals surface area contributed by atoms with Gasteiger partial charge in [0, 0.05) is 19.1 Å². The summed E-state index contributed by atoms with van der Waals surface area (Å²) >= 11 is 1.59. The number of nitrogens with zero attached hydrogens (tertiary/aromatic N) is 3. The summed E-state index contributed by atoms with van der Waals surface area (Å²) in [5, 5.41) is 6.49. The molecule has 1 saturated carbocycles. The number of hydrogen-bond acceptors (Lipinski definition) is 6. The van der Waals surface area contributed by atoms with Gasteiger partial charge in [0.05, 0.1) is 5.39 Å². The minimum atomic E-state index is 0.339. The van der Waals surface area contributed by atoms with Crippen LogP contribution in [0.1, 0.15) is 25.7 Å². The van der Waals surface area contributed by atoms with Crippen LogP contribution in [0.2, 0.25) is 0 Å². The zero-order valence-corrected chi connectivity index (χ0v) is 12.6. The van der Waals surface area contributed by atoms with Gasteiger partial charge in [0.2, 0.25) is 5.95 Å². The van der Waals surface area contributed by atoms with Crippen LogP contribution in [0.15, 0.2) is 11.4 Å². The molecule has 2 aromatic heterocycles. The second-order valence-corrected chi connectivity index (χ2v) is 6.31. The Balaban J connectivity index is 1.60. The maximum Gasteiger partial charge on any atom is 0.223 e. The van der Waals surface area contributed by atoms with Crippen LogP contribution < -0.4 is 11.1 Å². The third-order valence-corrected chi connectivity index (χ3v) is 4.85. The number of hydrogen-bond donors (Lipinski definition) is 2. The molecule has 0 bridgehead atoms. The third kappa shape index (κ3) is 2.86. The Morgan fingerprint density at radius 2 is 2.20 bits per heavy atom. The van der Waals surface area contributed by atoms with Gasteiger partial charge < -0.3 is 16.0 Å². The third-order valence-electron chi connectivity index (χ3n) is 4.05. The summed E-state index contributed by atoms with van der Waals surface area (Å²) in [7, 11) is 2.21. The fourth-order valence-electron chi connectivity index (χ4n) is 2.88. The van der Waals surface area contributed by atoms with Crippen molar-refractivity contribution in [3.8, 4) is 0 Å². The van der Waals surface area contributed by atoms with Crippen molar-refractivity contribution < 1.29 is 0 Å². The minimum Gasteiger partial charge on any atom is -0.368 e. The van der Waals surface area contributed by atoms with Gasteiger partial charge in [-0.15, -0.1) is 11.3 Å². The highest BCUT2D eigenvalue weighted by molar-refractivity contribution is 7.16. The molecule has 3 rings (SSSR count). The first-order valence-electron chi connectivity index (χ1n) is 7.19. The Morgan fingerprint density at radius 1 is 1.40 bits per heavy atom. The summed E-state index contributed by atoms with van der Waals surface area (Å²) in [6, 6.07) is 2.80. The molecule has 1 aliphatic rings. The van der Waals surface area contributed by atoms with Gasteiger partial charge in [-0.1, -0.05) is 12.8 Å². The van der Waals surface area contributed by atoms with Crippen molar-refractivity contribution in [3.63, 3.8) is 0 Å². The molecule has 0 aliphatic heterocycles. The Kier molecular flexibility index (Phi) is 4.03. The first-order chi connectivity index (χ1) is 9.74. The molecular formula is C14H21N5S. The molecule has 0 amide bonds. The molecule has 6 heteroatoms. The van der Waals surface area contributed by atoms with E-state index in [1.807, 2.05) is 11.4 Å². The number of likely N-dealkylation sites (N-methyl/N-ethyl adjacent to an activating group) is 1. The Hall–Kier alpha value is -1.40. The van der Waals surface area contributed by atoms with E-state index in [0.717, 1.165) is 35.2 Å². The maximum absolute atomic E-state index is 5.75. The summed E-state index contributed by atoms with van der Waals surface area (Å²) < 4.78 is 0. The molecule has 1 fully saturated rings. The van der Waals surface area contributed by atoms with Gasteiger partial charge in [-0.3, -0.25) is 0 Å². The van der Waals surface area contributed by atoms with Crippen LogP contribution in [0.3, 0.4) is 0 Å². The van der Waals surface area contributed by atoms with E-state index in [4.69, 9.17) is 5.73 Å². The average Bonchev–Trinajstić information content (AvgIpc) is 3.09. The smallest absolute Gasteiger partial charge is 0.223 e. The first-order valence-corrected chi connectivity index (χ1v) is 8.07. The van der Waals surface area contributed by atoms with E-state index < -0.39 is 0 Å². The molecule has 0 saturated heterocycles. The number of thiophene rings is 1. The molecule has 0 radical (unpaired) electrons. The van der Waals surface area contributed by atoms with Crippen LogP contribution in [0.4, 0.5) is 11.8 Å². The molecule has 108 valence electrons. The molecular weight excluding hydrogens is 270 g/mol. The lowest BCUT2D eigenvalue weighted by Crippen LogP contribution is -2.33. The predicted molar refractivity (Wildman–Crippen MR) is 85.2 cm³/mol. The van der Waals surface area contributed by atoms with Crippen molar-refractivity contribution in [3.05, 3.63) is 11.4 Å². The Bertz CT molecular complexity index is 576. The number of nitrogen functional groups attached to an aromatic ring is 1. The van der Waals surface area contributed by atoms with Gasteiger partial charge in [-0.05, 0) is 31.3 Å². The minimum absolute atomic E-state index is 0.339. The van der Waals surface area contributed by atoms with Crippen molar-refractivity contribution in [1.82, 2.24) is 14.9 Å². The van der Waals surface area contributed by atoms with Crippen LogP contribution in [0.25, 0.3) is 10.2 Å². The lowest BCUT2D eigenvalue weighted by atomic mass is 10.2. The summed E-state index contributed by atoms with van der Waals surface area (Å²) in [5.74, 6) is 1.19. The SMILES string of the molecule is CN(CCNc1nc(N)nc2sccc12)C1CCCC1. The normalized spacial score (nSPS) is 16.3. The van der Waals surface area contributed by atoms with Gasteiger partial charge in [-0.25, -0.2) is 4.98 Å². The summed E-state index contributed by atoms with van der Waals surface area (Å²) in [4.78, 5) is 12.0. The van der Waals surface area contributed by atoms with Crippen LogP contribution in [-0.2, 0) is 0 Å². The zero-order valence-electron chi connectivity index (χ0n) is 11.8. The molecule has 2 aromatic rings. The molecule has 0 unspecified atom stereocenters. The van der Waals surface area contributed by atoms with Gasteiger partial charge in [0.1, 0.15) is 10.6 Å². The van der Waals surface area contributed by atoms with Gasteiger partial charge >= 0.3 is 0 Å². The van der Waals surface area contributed by atoms with Gasteiger partial charge in [0.15, 0.2) is 0 Å². The highest BCUT2D eigenvalue weighted by Crippen LogP contribution is 2.26. The fraction of sp³-hybridized carbons (Fsp3) is 0.571. The quantitative estimate of drug-likeness (QED) is 0.886. The molecule has 3 N–H and O–H groups in total. The lowest BCUT2D eigenvalue weighted by Gasteiger charge is -2.24. The summed E-state index contributed by atoms with van der Waals surface area (Å²) in [6.45, 7) is 1.91. The summed E-state index contributed by atoms with van der Waals surface area (Å²) in [5.41, 5.74) is 5.75. The van der Waals surface area contributed by atoms with E-state index in [9.17, 15) is 0 Å². The van der Waals surface area contributed by atoms with E-state index in [2.05, 4.69) is 27.2 Å². The number of fused-ring (bicyclic) bond motifs is 1. The number of rotatable bonds is 5. The number of anilines is 2. The van der Waals surface area contributed by atoms with E-state index in [1.54, 1.807) is 11.3 Å². The van der Waals surface area contributed by atoms with Crippen molar-refractivity contribution in [1.29, 1.82) is 0 Å². The molecule has 5 nitrogen and oxygen atoms in total. The highest BCUT2D eigenvalue weighted by Gasteiger charge is 2.18.